The zero-order chi connectivity index (χ0) is 18.4. The zero-order valence-corrected chi connectivity index (χ0v) is 14.8. The Morgan fingerprint density at radius 2 is 1.84 bits per heavy atom. The van der Waals surface area contributed by atoms with Gasteiger partial charge in [0.1, 0.15) is 5.92 Å². The second-order valence-corrected chi connectivity index (χ2v) is 5.92. The van der Waals surface area contributed by atoms with Crippen LogP contribution in [0.25, 0.3) is 0 Å². The average molecular weight is 348 g/mol. The predicted octanol–water partition coefficient (Wildman–Crippen LogP) is 2.13. The maximum atomic E-state index is 12.5. The minimum Gasteiger partial charge on any atom is -0.493 e. The van der Waals surface area contributed by atoms with Crippen LogP contribution >= 0.6 is 0 Å². The van der Waals surface area contributed by atoms with Gasteiger partial charge in [0.15, 0.2) is 11.5 Å². The molecule has 1 fully saturated rings. The molecule has 136 valence electrons. The molecule has 1 N–H and O–H groups in total. The van der Waals surface area contributed by atoms with E-state index in [-0.39, 0.29) is 6.54 Å². The van der Waals surface area contributed by atoms with E-state index in [4.69, 9.17) is 9.47 Å². The van der Waals surface area contributed by atoms with Gasteiger partial charge in [0.2, 0.25) is 11.8 Å². The summed E-state index contributed by atoms with van der Waals surface area (Å²) in [4.78, 5) is 37.5. The van der Waals surface area contributed by atoms with Crippen LogP contribution in [0.4, 0.5) is 4.79 Å². The topological polar surface area (TPSA) is 84.9 Å². The van der Waals surface area contributed by atoms with Crippen molar-refractivity contribution >= 4 is 17.8 Å². The van der Waals surface area contributed by atoms with Crippen LogP contribution in [0.1, 0.15) is 31.7 Å². The molecule has 0 radical (unpaired) electrons. The van der Waals surface area contributed by atoms with E-state index < -0.39 is 23.8 Å². The van der Waals surface area contributed by atoms with Gasteiger partial charge in [0, 0.05) is 6.54 Å². The third-order valence-electron chi connectivity index (χ3n) is 4.27. The molecule has 0 aliphatic carbocycles. The third kappa shape index (κ3) is 4.29. The largest absolute Gasteiger partial charge is 0.493 e. The number of benzene rings is 1. The molecule has 1 saturated heterocycles. The van der Waals surface area contributed by atoms with E-state index >= 15 is 0 Å². The highest BCUT2D eigenvalue weighted by molar-refractivity contribution is 6.16. The first-order valence-corrected chi connectivity index (χ1v) is 8.38. The van der Waals surface area contributed by atoms with Crippen LogP contribution in [-0.2, 0) is 16.0 Å². The van der Waals surface area contributed by atoms with Crippen molar-refractivity contribution in [3.05, 3.63) is 23.8 Å². The number of nitrogens with zero attached hydrogens (tertiary/aromatic N) is 1. The molecule has 2 rings (SSSR count). The zero-order valence-electron chi connectivity index (χ0n) is 14.8. The summed E-state index contributed by atoms with van der Waals surface area (Å²) in [5, 5.41) is 2.28. The van der Waals surface area contributed by atoms with Gasteiger partial charge in [-0.1, -0.05) is 25.8 Å². The van der Waals surface area contributed by atoms with E-state index in [0.717, 1.165) is 23.3 Å². The first kappa shape index (κ1) is 18.8. The van der Waals surface area contributed by atoms with Crippen LogP contribution in [0.2, 0.25) is 0 Å². The Kier molecular flexibility index (Phi) is 6.38. The lowest BCUT2D eigenvalue weighted by Crippen LogP contribution is -2.58. The number of barbiturate groups is 1. The fourth-order valence-corrected chi connectivity index (χ4v) is 2.81. The number of hydrogen-bond donors (Lipinski definition) is 1. The Bertz CT molecular complexity index is 659. The lowest BCUT2D eigenvalue weighted by Gasteiger charge is -2.30. The summed E-state index contributed by atoms with van der Waals surface area (Å²) in [5.74, 6) is -0.481. The number of rotatable bonds is 8. The highest BCUT2D eigenvalue weighted by Gasteiger charge is 2.39. The lowest BCUT2D eigenvalue weighted by atomic mass is 9.97. The van der Waals surface area contributed by atoms with Crippen LogP contribution < -0.4 is 14.8 Å². The van der Waals surface area contributed by atoms with Crippen molar-refractivity contribution in [2.45, 2.75) is 32.6 Å². The molecule has 1 aliphatic heterocycles. The van der Waals surface area contributed by atoms with Crippen molar-refractivity contribution in [2.24, 2.45) is 5.92 Å². The summed E-state index contributed by atoms with van der Waals surface area (Å²) in [5.41, 5.74) is 0.903. The molecule has 0 spiro atoms. The second-order valence-electron chi connectivity index (χ2n) is 5.92. The summed E-state index contributed by atoms with van der Waals surface area (Å²) in [7, 11) is 3.11. The molecular formula is C18H24N2O5. The van der Waals surface area contributed by atoms with Crippen LogP contribution in [0.5, 0.6) is 11.5 Å². The monoisotopic (exact) mass is 348 g/mol. The van der Waals surface area contributed by atoms with Crippen molar-refractivity contribution in [1.29, 1.82) is 0 Å². The van der Waals surface area contributed by atoms with Crippen LogP contribution in [0.15, 0.2) is 18.2 Å². The van der Waals surface area contributed by atoms with Crippen molar-refractivity contribution in [3.63, 3.8) is 0 Å². The fourth-order valence-electron chi connectivity index (χ4n) is 2.81. The number of unbranched alkanes of at least 4 members (excludes halogenated alkanes) is 1. The lowest BCUT2D eigenvalue weighted by molar-refractivity contribution is -0.142. The summed E-state index contributed by atoms with van der Waals surface area (Å²) in [6.45, 7) is 2.20. The van der Waals surface area contributed by atoms with Gasteiger partial charge in [-0.2, -0.15) is 0 Å². The molecule has 7 heteroatoms. The van der Waals surface area contributed by atoms with E-state index in [1.54, 1.807) is 20.3 Å². The Morgan fingerprint density at radius 3 is 2.48 bits per heavy atom. The van der Waals surface area contributed by atoms with Gasteiger partial charge in [0.25, 0.3) is 0 Å². The number of carbonyl (C=O) groups excluding carboxylic acids is 3. The summed E-state index contributed by atoms with van der Waals surface area (Å²) in [6, 6.07) is 4.79. The van der Waals surface area contributed by atoms with Gasteiger partial charge in [-0.05, 0) is 30.5 Å². The van der Waals surface area contributed by atoms with E-state index in [2.05, 4.69) is 5.32 Å². The van der Waals surface area contributed by atoms with E-state index in [1.807, 2.05) is 19.1 Å². The molecule has 4 amide bonds. The van der Waals surface area contributed by atoms with Gasteiger partial charge in [-0.15, -0.1) is 0 Å². The van der Waals surface area contributed by atoms with E-state index in [0.29, 0.717) is 24.3 Å². The number of carbonyl (C=O) groups is 3. The molecule has 0 bridgehead atoms. The Hall–Kier alpha value is -2.57. The molecular weight excluding hydrogens is 324 g/mol. The minimum atomic E-state index is -0.775. The number of ether oxygens (including phenoxy) is 2. The maximum Gasteiger partial charge on any atom is 0.330 e. The number of imide groups is 2. The first-order chi connectivity index (χ1) is 12.0. The number of hydrogen-bond acceptors (Lipinski definition) is 5. The summed E-state index contributed by atoms with van der Waals surface area (Å²) in [6.07, 6.45) is 2.58. The number of nitrogens with one attached hydrogen (secondary N) is 1. The second kappa shape index (κ2) is 8.50. The van der Waals surface area contributed by atoms with Gasteiger partial charge >= 0.3 is 6.03 Å². The SMILES string of the molecule is CCCC[C@H]1C(=O)NC(=O)N(CCc2ccc(OC)c(OC)c2)C1=O. The number of amides is 4. The molecule has 1 aliphatic rings. The molecule has 7 nitrogen and oxygen atoms in total. The quantitative estimate of drug-likeness (QED) is 0.728. The predicted molar refractivity (Wildman–Crippen MR) is 91.5 cm³/mol. The number of methoxy groups -OCH3 is 2. The standard InChI is InChI=1S/C18H24N2O5/c1-4-5-6-13-16(21)19-18(23)20(17(13)22)10-9-12-7-8-14(24-2)15(11-12)25-3/h7-8,11,13H,4-6,9-10H2,1-3H3,(H,19,21,23)/t13-/m0/s1. The highest BCUT2D eigenvalue weighted by atomic mass is 16.5. The van der Waals surface area contributed by atoms with Crippen LogP contribution in [-0.4, -0.2) is 43.5 Å². The van der Waals surface area contributed by atoms with Gasteiger partial charge in [-0.25, -0.2) is 4.79 Å². The highest BCUT2D eigenvalue weighted by Crippen LogP contribution is 2.28. The first-order valence-electron chi connectivity index (χ1n) is 8.38. The van der Waals surface area contributed by atoms with E-state index in [9.17, 15) is 14.4 Å². The molecule has 0 unspecified atom stereocenters. The molecule has 0 saturated carbocycles. The van der Waals surface area contributed by atoms with Crippen LogP contribution in [0.3, 0.4) is 0 Å². The average Bonchev–Trinajstić information content (AvgIpc) is 2.61. The van der Waals surface area contributed by atoms with Gasteiger partial charge < -0.3 is 9.47 Å². The van der Waals surface area contributed by atoms with Crippen LogP contribution in [0, 0.1) is 5.92 Å². The van der Waals surface area contributed by atoms with Crippen molar-refractivity contribution in [1.82, 2.24) is 10.2 Å². The Labute approximate surface area is 147 Å². The normalized spacial score (nSPS) is 17.5. The van der Waals surface area contributed by atoms with Gasteiger partial charge in [-0.3, -0.25) is 19.8 Å². The van der Waals surface area contributed by atoms with E-state index in [1.165, 1.54) is 0 Å². The van der Waals surface area contributed by atoms with Gasteiger partial charge in [0.05, 0.1) is 14.2 Å². The summed E-state index contributed by atoms with van der Waals surface area (Å²) >= 11 is 0. The molecule has 1 atom stereocenters. The third-order valence-corrected chi connectivity index (χ3v) is 4.27. The molecule has 1 aromatic rings. The number of urea groups is 1. The molecule has 25 heavy (non-hydrogen) atoms. The Morgan fingerprint density at radius 1 is 1.12 bits per heavy atom. The van der Waals surface area contributed by atoms with Crippen molar-refractivity contribution in [3.8, 4) is 11.5 Å². The fraction of sp³-hybridized carbons (Fsp3) is 0.500. The molecule has 1 aromatic carbocycles. The Balaban J connectivity index is 2.06. The van der Waals surface area contributed by atoms with Crippen molar-refractivity contribution in [2.75, 3.05) is 20.8 Å². The molecule has 1 heterocycles. The minimum absolute atomic E-state index is 0.204. The molecule has 0 aromatic heterocycles. The maximum absolute atomic E-state index is 12.5. The smallest absolute Gasteiger partial charge is 0.330 e. The van der Waals surface area contributed by atoms with Crippen molar-refractivity contribution < 1.29 is 23.9 Å². The summed E-state index contributed by atoms with van der Waals surface area (Å²) < 4.78 is 10.4.